The van der Waals surface area contributed by atoms with Gasteiger partial charge in [0.15, 0.2) is 0 Å². The zero-order chi connectivity index (χ0) is 18.6. The van der Waals surface area contributed by atoms with E-state index in [0.717, 1.165) is 17.5 Å². The molecule has 0 aliphatic carbocycles. The molecule has 0 aliphatic rings. The molecule has 2 aromatic carbocycles. The van der Waals surface area contributed by atoms with Crippen molar-refractivity contribution in [3.63, 3.8) is 0 Å². The summed E-state index contributed by atoms with van der Waals surface area (Å²) in [6.07, 6.45) is 2.75. The Hall–Kier alpha value is -3.48. The standard InChI is InChI=1S/C20H20N6O/c1-14-6-8-15(9-7-14)20-23-25-26(24-20)13-19(27)21-11-10-16-12-22-18-5-3-2-4-17(16)18/h2-9,12,22H,10-11,13H2,1H3,(H,21,27). The molecule has 0 saturated heterocycles. The molecule has 0 bridgehead atoms. The number of fused-ring (bicyclic) bond motifs is 1. The van der Waals surface area contributed by atoms with E-state index in [1.807, 2.05) is 55.6 Å². The normalized spacial score (nSPS) is 11.0. The molecule has 0 fully saturated rings. The van der Waals surface area contributed by atoms with Gasteiger partial charge in [-0.25, -0.2) is 0 Å². The predicted octanol–water partition coefficient (Wildman–Crippen LogP) is 2.49. The first-order chi connectivity index (χ1) is 13.2. The number of aromatic amines is 1. The van der Waals surface area contributed by atoms with Crippen LogP contribution < -0.4 is 5.32 Å². The summed E-state index contributed by atoms with van der Waals surface area (Å²) in [5, 5.41) is 16.4. The minimum atomic E-state index is -0.136. The number of carbonyl (C=O) groups excluding carboxylic acids is 1. The van der Waals surface area contributed by atoms with Gasteiger partial charge in [0.25, 0.3) is 0 Å². The molecule has 2 aromatic heterocycles. The second-order valence-corrected chi connectivity index (χ2v) is 6.47. The van der Waals surface area contributed by atoms with Crippen molar-refractivity contribution < 1.29 is 4.79 Å². The molecule has 2 heterocycles. The van der Waals surface area contributed by atoms with Crippen molar-refractivity contribution in [1.29, 1.82) is 0 Å². The highest BCUT2D eigenvalue weighted by Crippen LogP contribution is 2.17. The first-order valence-electron chi connectivity index (χ1n) is 8.85. The highest BCUT2D eigenvalue weighted by atomic mass is 16.2. The summed E-state index contributed by atoms with van der Waals surface area (Å²) in [6.45, 7) is 2.63. The molecular weight excluding hydrogens is 340 g/mol. The molecule has 0 atom stereocenters. The molecule has 136 valence electrons. The van der Waals surface area contributed by atoms with E-state index >= 15 is 0 Å². The number of benzene rings is 2. The number of amides is 1. The minimum absolute atomic E-state index is 0.0484. The van der Waals surface area contributed by atoms with Crippen LogP contribution in [0.25, 0.3) is 22.3 Å². The van der Waals surface area contributed by atoms with E-state index in [1.54, 1.807) is 0 Å². The van der Waals surface area contributed by atoms with Crippen molar-refractivity contribution in [3.05, 3.63) is 65.9 Å². The maximum atomic E-state index is 12.1. The molecule has 7 heteroatoms. The van der Waals surface area contributed by atoms with Crippen molar-refractivity contribution in [2.45, 2.75) is 19.9 Å². The fraction of sp³-hybridized carbons (Fsp3) is 0.200. The number of hydrogen-bond donors (Lipinski definition) is 2. The van der Waals surface area contributed by atoms with Crippen molar-refractivity contribution >= 4 is 16.8 Å². The van der Waals surface area contributed by atoms with Crippen LogP contribution in [0.5, 0.6) is 0 Å². The smallest absolute Gasteiger partial charge is 0.243 e. The van der Waals surface area contributed by atoms with Crippen LogP contribution in [0.2, 0.25) is 0 Å². The molecule has 7 nitrogen and oxygen atoms in total. The van der Waals surface area contributed by atoms with E-state index in [1.165, 1.54) is 21.3 Å². The Kier molecular flexibility index (Phi) is 4.65. The molecule has 4 aromatic rings. The lowest BCUT2D eigenvalue weighted by Gasteiger charge is -2.04. The molecule has 27 heavy (non-hydrogen) atoms. The van der Waals surface area contributed by atoms with E-state index in [4.69, 9.17) is 0 Å². The summed E-state index contributed by atoms with van der Waals surface area (Å²) in [7, 11) is 0. The first-order valence-corrected chi connectivity index (χ1v) is 8.85. The van der Waals surface area contributed by atoms with Crippen molar-refractivity contribution in [2.24, 2.45) is 0 Å². The summed E-state index contributed by atoms with van der Waals surface area (Å²) >= 11 is 0. The first kappa shape index (κ1) is 17.0. The van der Waals surface area contributed by atoms with Gasteiger partial charge in [0.05, 0.1) is 0 Å². The average molecular weight is 360 g/mol. The number of H-pyrrole nitrogens is 1. The molecule has 0 aliphatic heterocycles. The largest absolute Gasteiger partial charge is 0.361 e. The molecule has 0 unspecified atom stereocenters. The minimum Gasteiger partial charge on any atom is -0.361 e. The highest BCUT2D eigenvalue weighted by molar-refractivity contribution is 5.83. The topological polar surface area (TPSA) is 88.5 Å². The SMILES string of the molecule is Cc1ccc(-c2nnn(CC(=O)NCCc3c[nH]c4ccccc34)n2)cc1. The maximum Gasteiger partial charge on any atom is 0.243 e. The van der Waals surface area contributed by atoms with Crippen molar-refractivity contribution in [1.82, 2.24) is 30.5 Å². The van der Waals surface area contributed by atoms with Gasteiger partial charge in [-0.05, 0) is 30.2 Å². The van der Waals surface area contributed by atoms with Gasteiger partial charge in [-0.1, -0.05) is 48.0 Å². The Balaban J connectivity index is 1.31. The third-order valence-corrected chi connectivity index (χ3v) is 4.44. The quantitative estimate of drug-likeness (QED) is 0.553. The molecular formula is C20H20N6O. The van der Waals surface area contributed by atoms with Crippen LogP contribution in [0.1, 0.15) is 11.1 Å². The third-order valence-electron chi connectivity index (χ3n) is 4.44. The van der Waals surface area contributed by atoms with Crippen LogP contribution in [-0.2, 0) is 17.8 Å². The van der Waals surface area contributed by atoms with Crippen LogP contribution in [0.3, 0.4) is 0 Å². The Morgan fingerprint density at radius 1 is 1.15 bits per heavy atom. The van der Waals surface area contributed by atoms with Gasteiger partial charge in [-0.3, -0.25) is 4.79 Å². The Morgan fingerprint density at radius 3 is 2.81 bits per heavy atom. The van der Waals surface area contributed by atoms with E-state index < -0.39 is 0 Å². The zero-order valence-electron chi connectivity index (χ0n) is 15.0. The van der Waals surface area contributed by atoms with E-state index in [-0.39, 0.29) is 12.5 Å². The molecule has 0 spiro atoms. The molecule has 2 N–H and O–H groups in total. The Bertz CT molecular complexity index is 1060. The van der Waals surface area contributed by atoms with Crippen LogP contribution in [0.4, 0.5) is 0 Å². The monoisotopic (exact) mass is 360 g/mol. The third kappa shape index (κ3) is 3.87. The van der Waals surface area contributed by atoms with Gasteiger partial charge >= 0.3 is 0 Å². The number of hydrogen-bond acceptors (Lipinski definition) is 4. The summed E-state index contributed by atoms with van der Waals surface area (Å²) in [6, 6.07) is 16.0. The van der Waals surface area contributed by atoms with Crippen LogP contribution in [-0.4, -0.2) is 37.6 Å². The number of carbonyl (C=O) groups is 1. The Labute approximate surface area is 156 Å². The van der Waals surface area contributed by atoms with Gasteiger partial charge in [0.1, 0.15) is 6.54 Å². The van der Waals surface area contributed by atoms with Crippen molar-refractivity contribution in [2.75, 3.05) is 6.54 Å². The maximum absolute atomic E-state index is 12.1. The van der Waals surface area contributed by atoms with Gasteiger partial charge in [0.2, 0.25) is 11.7 Å². The predicted molar refractivity (Wildman–Crippen MR) is 103 cm³/mol. The highest BCUT2D eigenvalue weighted by Gasteiger charge is 2.09. The average Bonchev–Trinajstić information content (AvgIpc) is 3.30. The fourth-order valence-electron chi connectivity index (χ4n) is 2.99. The lowest BCUT2D eigenvalue weighted by molar-refractivity contribution is -0.122. The number of para-hydroxylation sites is 1. The fourth-order valence-corrected chi connectivity index (χ4v) is 2.99. The number of tetrazole rings is 1. The summed E-state index contributed by atoms with van der Waals surface area (Å²) in [5.74, 6) is 0.379. The number of nitrogens with zero attached hydrogens (tertiary/aromatic N) is 4. The van der Waals surface area contributed by atoms with Crippen molar-refractivity contribution in [3.8, 4) is 11.4 Å². The van der Waals surface area contributed by atoms with Crippen LogP contribution >= 0.6 is 0 Å². The molecule has 4 rings (SSSR count). The van der Waals surface area contributed by atoms with E-state index in [0.29, 0.717) is 12.4 Å². The second-order valence-electron chi connectivity index (χ2n) is 6.47. The van der Waals surface area contributed by atoms with Gasteiger partial charge in [0, 0.05) is 29.2 Å². The zero-order valence-corrected chi connectivity index (χ0v) is 15.0. The van der Waals surface area contributed by atoms with Crippen LogP contribution in [0, 0.1) is 6.92 Å². The summed E-state index contributed by atoms with van der Waals surface area (Å²) in [5.41, 5.74) is 4.34. The summed E-state index contributed by atoms with van der Waals surface area (Å²) in [4.78, 5) is 16.7. The lowest BCUT2D eigenvalue weighted by atomic mass is 10.1. The number of aromatic nitrogens is 5. The second kappa shape index (κ2) is 7.41. The molecule has 0 radical (unpaired) electrons. The van der Waals surface area contributed by atoms with E-state index in [2.05, 4.69) is 31.8 Å². The number of aryl methyl sites for hydroxylation is 1. The number of nitrogens with one attached hydrogen (secondary N) is 2. The molecule has 0 saturated carbocycles. The van der Waals surface area contributed by atoms with Gasteiger partial charge < -0.3 is 10.3 Å². The van der Waals surface area contributed by atoms with Crippen LogP contribution in [0.15, 0.2) is 54.7 Å². The van der Waals surface area contributed by atoms with Gasteiger partial charge in [-0.15, -0.1) is 10.2 Å². The lowest BCUT2D eigenvalue weighted by Crippen LogP contribution is -2.30. The number of rotatable bonds is 6. The molecule has 1 amide bonds. The Morgan fingerprint density at radius 2 is 1.96 bits per heavy atom. The summed E-state index contributed by atoms with van der Waals surface area (Å²) < 4.78 is 0. The van der Waals surface area contributed by atoms with E-state index in [9.17, 15) is 4.79 Å². The van der Waals surface area contributed by atoms with Gasteiger partial charge in [-0.2, -0.15) is 4.80 Å².